The minimum absolute atomic E-state index is 0.0146. The van der Waals surface area contributed by atoms with Gasteiger partial charge in [0, 0.05) is 6.54 Å². The molecule has 0 fully saturated rings. The van der Waals surface area contributed by atoms with Gasteiger partial charge in [0.25, 0.3) is 10.0 Å². The Balaban J connectivity index is 2.00. The Kier molecular flexibility index (Phi) is 4.11. The number of hydrogen-bond acceptors (Lipinski definition) is 5. The number of hydrogen-bond donors (Lipinski definition) is 3. The number of sulfonamides is 1. The number of nitrogens with one attached hydrogen (secondary N) is 1. The molecule has 1 aliphatic heterocycles. The van der Waals surface area contributed by atoms with Crippen LogP contribution in [0.1, 0.15) is 11.1 Å². The molecule has 0 radical (unpaired) electrons. The molecule has 2 aromatic rings. The van der Waals surface area contributed by atoms with Crippen LogP contribution in [-0.4, -0.2) is 20.6 Å². The van der Waals surface area contributed by atoms with Crippen molar-refractivity contribution in [1.29, 1.82) is 0 Å². The lowest BCUT2D eigenvalue weighted by molar-refractivity contribution is 0.275. The Morgan fingerprint density at radius 3 is 2.83 bits per heavy atom. The maximum atomic E-state index is 14.1. The Morgan fingerprint density at radius 1 is 1.35 bits per heavy atom. The molecule has 0 amide bonds. The molecular formula is C14H14BFN2O4S. The Bertz CT molecular complexity index is 860. The molecule has 120 valence electrons. The minimum atomic E-state index is -4.01. The maximum Gasteiger partial charge on any atom is 0.491 e. The Labute approximate surface area is 133 Å². The van der Waals surface area contributed by atoms with E-state index < -0.39 is 23.0 Å². The van der Waals surface area contributed by atoms with Crippen molar-refractivity contribution in [2.24, 2.45) is 5.73 Å². The number of nitrogens with two attached hydrogens (primary N) is 1. The van der Waals surface area contributed by atoms with Gasteiger partial charge in [0.05, 0.1) is 17.2 Å². The predicted octanol–water partition coefficient (Wildman–Crippen LogP) is 0.303. The van der Waals surface area contributed by atoms with Crippen LogP contribution in [0, 0.1) is 5.82 Å². The third-order valence-corrected chi connectivity index (χ3v) is 5.08. The van der Waals surface area contributed by atoms with E-state index in [4.69, 9.17) is 10.4 Å². The van der Waals surface area contributed by atoms with Gasteiger partial charge in [-0.1, -0.05) is 18.2 Å². The SMILES string of the molecule is NCc1ccccc1S(=O)(=O)Nc1cc2c(cc1F)COB2O. The van der Waals surface area contributed by atoms with E-state index in [-0.39, 0.29) is 23.7 Å². The van der Waals surface area contributed by atoms with Crippen molar-refractivity contribution in [2.45, 2.75) is 18.0 Å². The summed E-state index contributed by atoms with van der Waals surface area (Å²) in [5.41, 5.74) is 6.55. The van der Waals surface area contributed by atoms with Crippen LogP contribution in [0.25, 0.3) is 0 Å². The number of rotatable bonds is 4. The molecule has 0 aliphatic carbocycles. The normalized spacial score (nSPS) is 14.0. The molecule has 4 N–H and O–H groups in total. The average Bonchev–Trinajstić information content (AvgIpc) is 2.88. The van der Waals surface area contributed by atoms with Crippen molar-refractivity contribution < 1.29 is 22.5 Å². The van der Waals surface area contributed by atoms with Crippen molar-refractivity contribution in [3.05, 3.63) is 53.3 Å². The first-order valence-electron chi connectivity index (χ1n) is 6.85. The second kappa shape index (κ2) is 5.93. The minimum Gasteiger partial charge on any atom is -0.423 e. The summed E-state index contributed by atoms with van der Waals surface area (Å²) < 4.78 is 46.3. The van der Waals surface area contributed by atoms with Crippen LogP contribution in [-0.2, 0) is 27.8 Å². The van der Waals surface area contributed by atoms with E-state index in [0.29, 0.717) is 16.6 Å². The van der Waals surface area contributed by atoms with Crippen molar-refractivity contribution in [1.82, 2.24) is 0 Å². The second-order valence-corrected chi connectivity index (χ2v) is 6.76. The van der Waals surface area contributed by atoms with Crippen LogP contribution in [0.5, 0.6) is 0 Å². The van der Waals surface area contributed by atoms with Gasteiger partial charge in [-0.2, -0.15) is 0 Å². The highest BCUT2D eigenvalue weighted by Gasteiger charge is 2.30. The van der Waals surface area contributed by atoms with Crippen molar-refractivity contribution >= 4 is 28.3 Å². The summed E-state index contributed by atoms with van der Waals surface area (Å²) in [7, 11) is -5.20. The van der Waals surface area contributed by atoms with E-state index in [1.807, 2.05) is 0 Å². The lowest BCUT2D eigenvalue weighted by atomic mass is 9.79. The highest BCUT2D eigenvalue weighted by Crippen LogP contribution is 2.23. The van der Waals surface area contributed by atoms with E-state index in [2.05, 4.69) is 4.72 Å². The third kappa shape index (κ3) is 2.96. The first-order chi connectivity index (χ1) is 10.9. The van der Waals surface area contributed by atoms with Gasteiger partial charge in [-0.15, -0.1) is 0 Å². The molecule has 6 nitrogen and oxygen atoms in total. The lowest BCUT2D eigenvalue weighted by Crippen LogP contribution is -2.29. The van der Waals surface area contributed by atoms with Crippen molar-refractivity contribution in [3.63, 3.8) is 0 Å². The highest BCUT2D eigenvalue weighted by molar-refractivity contribution is 7.92. The monoisotopic (exact) mass is 336 g/mol. The molecule has 0 saturated carbocycles. The summed E-state index contributed by atoms with van der Waals surface area (Å²) >= 11 is 0. The van der Waals surface area contributed by atoms with Gasteiger partial charge < -0.3 is 15.4 Å². The average molecular weight is 336 g/mol. The largest absolute Gasteiger partial charge is 0.491 e. The van der Waals surface area contributed by atoms with Crippen LogP contribution in [0.3, 0.4) is 0 Å². The number of fused-ring (bicyclic) bond motifs is 1. The summed E-state index contributed by atoms with van der Waals surface area (Å²) in [5, 5.41) is 9.66. The standard InChI is InChI=1S/C14H14BFN2O4S/c16-12-5-10-8-22-15(19)11(10)6-13(12)18-23(20,21)14-4-2-1-3-9(14)7-17/h1-6,18-19H,7-8,17H2. The van der Waals surface area contributed by atoms with Crippen LogP contribution in [0.2, 0.25) is 0 Å². The molecule has 0 saturated heterocycles. The maximum absolute atomic E-state index is 14.1. The summed E-state index contributed by atoms with van der Waals surface area (Å²) in [5.74, 6) is -0.741. The molecule has 0 bridgehead atoms. The van der Waals surface area contributed by atoms with Gasteiger partial charge in [-0.05, 0) is 34.8 Å². The van der Waals surface area contributed by atoms with E-state index in [0.717, 1.165) is 6.07 Å². The molecule has 1 aliphatic rings. The topological polar surface area (TPSA) is 102 Å². The van der Waals surface area contributed by atoms with Crippen LogP contribution >= 0.6 is 0 Å². The van der Waals surface area contributed by atoms with E-state index >= 15 is 0 Å². The van der Waals surface area contributed by atoms with Gasteiger partial charge in [-0.3, -0.25) is 4.72 Å². The first kappa shape index (κ1) is 15.9. The molecule has 0 atom stereocenters. The number of anilines is 1. The Morgan fingerprint density at radius 2 is 2.09 bits per heavy atom. The van der Waals surface area contributed by atoms with Crippen LogP contribution in [0.15, 0.2) is 41.3 Å². The molecule has 9 heteroatoms. The molecule has 2 aromatic carbocycles. The van der Waals surface area contributed by atoms with Gasteiger partial charge in [0.1, 0.15) is 5.82 Å². The predicted molar refractivity (Wildman–Crippen MR) is 83.9 cm³/mol. The number of benzene rings is 2. The fourth-order valence-electron chi connectivity index (χ4n) is 2.46. The van der Waals surface area contributed by atoms with Crippen molar-refractivity contribution in [3.8, 4) is 0 Å². The zero-order chi connectivity index (χ0) is 16.6. The second-order valence-electron chi connectivity index (χ2n) is 5.11. The lowest BCUT2D eigenvalue weighted by Gasteiger charge is -2.13. The Hall–Kier alpha value is -1.94. The summed E-state index contributed by atoms with van der Waals surface area (Å²) in [6.07, 6.45) is 0. The fourth-order valence-corrected chi connectivity index (χ4v) is 3.77. The molecule has 1 heterocycles. The molecule has 0 spiro atoms. The third-order valence-electron chi connectivity index (χ3n) is 3.62. The van der Waals surface area contributed by atoms with Gasteiger partial charge >= 0.3 is 7.12 Å². The van der Waals surface area contributed by atoms with Gasteiger partial charge in [-0.25, -0.2) is 12.8 Å². The number of halogens is 1. The zero-order valence-electron chi connectivity index (χ0n) is 12.0. The molecule has 0 aromatic heterocycles. The fraction of sp³-hybridized carbons (Fsp3) is 0.143. The van der Waals surface area contributed by atoms with E-state index in [1.54, 1.807) is 18.2 Å². The van der Waals surface area contributed by atoms with Gasteiger partial charge in [0.15, 0.2) is 0 Å². The zero-order valence-corrected chi connectivity index (χ0v) is 12.8. The highest BCUT2D eigenvalue weighted by atomic mass is 32.2. The van der Waals surface area contributed by atoms with Crippen LogP contribution in [0.4, 0.5) is 10.1 Å². The molecule has 23 heavy (non-hydrogen) atoms. The quantitative estimate of drug-likeness (QED) is 0.697. The van der Waals surface area contributed by atoms with E-state index in [1.165, 1.54) is 12.1 Å². The van der Waals surface area contributed by atoms with Crippen LogP contribution < -0.4 is 15.9 Å². The van der Waals surface area contributed by atoms with Crippen molar-refractivity contribution in [2.75, 3.05) is 4.72 Å². The summed E-state index contributed by atoms with van der Waals surface area (Å²) in [6, 6.07) is 8.61. The molecule has 3 rings (SSSR count). The first-order valence-corrected chi connectivity index (χ1v) is 8.33. The summed E-state index contributed by atoms with van der Waals surface area (Å²) in [4.78, 5) is -0.0146. The summed E-state index contributed by atoms with van der Waals surface area (Å²) in [6.45, 7) is 0.118. The molecule has 0 unspecified atom stereocenters. The van der Waals surface area contributed by atoms with E-state index in [9.17, 15) is 17.8 Å². The smallest absolute Gasteiger partial charge is 0.423 e. The van der Waals surface area contributed by atoms with Gasteiger partial charge in [0.2, 0.25) is 0 Å². The molecular weight excluding hydrogens is 322 g/mol.